The fraction of sp³-hybridized carbons (Fsp3) is 0.348. The molecule has 0 N–H and O–H groups in total. The molecular weight excluding hydrogens is 350 g/mol. The molecule has 28 heavy (non-hydrogen) atoms. The van der Waals surface area contributed by atoms with E-state index < -0.39 is 0 Å². The van der Waals surface area contributed by atoms with E-state index in [2.05, 4.69) is 62.7 Å². The van der Waals surface area contributed by atoms with Crippen molar-refractivity contribution < 1.29 is 4.92 Å². The first-order valence-electron chi connectivity index (χ1n) is 9.55. The van der Waals surface area contributed by atoms with E-state index >= 15 is 0 Å². The molecular formula is C23H27N3O2. The molecule has 3 rings (SSSR count). The third-order valence-corrected chi connectivity index (χ3v) is 5.42. The second kappa shape index (κ2) is 7.23. The summed E-state index contributed by atoms with van der Waals surface area (Å²) in [6.45, 7) is 13.5. The van der Waals surface area contributed by atoms with Crippen molar-refractivity contribution in [3.05, 3.63) is 68.8 Å². The predicted octanol–water partition coefficient (Wildman–Crippen LogP) is 5.98. The van der Waals surface area contributed by atoms with Gasteiger partial charge in [-0.25, -0.2) is 0 Å². The molecule has 0 aromatic heterocycles. The van der Waals surface area contributed by atoms with Crippen molar-refractivity contribution >= 4 is 28.8 Å². The van der Waals surface area contributed by atoms with E-state index in [9.17, 15) is 10.1 Å². The first-order valence-corrected chi connectivity index (χ1v) is 9.55. The number of aliphatic imine (C=N–C) groups is 1. The molecule has 0 fully saturated rings. The Hall–Kier alpha value is -2.95. The van der Waals surface area contributed by atoms with Crippen LogP contribution in [0.3, 0.4) is 0 Å². The van der Waals surface area contributed by atoms with Gasteiger partial charge in [-0.05, 0) is 76.4 Å². The Morgan fingerprint density at radius 2 is 1.86 bits per heavy atom. The third kappa shape index (κ3) is 3.57. The molecule has 5 nitrogen and oxygen atoms in total. The molecule has 146 valence electrons. The lowest BCUT2D eigenvalue weighted by Crippen LogP contribution is -2.45. The number of anilines is 1. The van der Waals surface area contributed by atoms with Crippen LogP contribution in [0.2, 0.25) is 0 Å². The second-order valence-corrected chi connectivity index (χ2v) is 7.94. The van der Waals surface area contributed by atoms with Crippen LogP contribution in [0.15, 0.2) is 41.4 Å². The largest absolute Gasteiger partial charge is 0.363 e. The van der Waals surface area contributed by atoms with Crippen molar-refractivity contribution in [1.29, 1.82) is 0 Å². The summed E-state index contributed by atoms with van der Waals surface area (Å²) in [4.78, 5) is 17.7. The maximum Gasteiger partial charge on any atom is 0.274 e. The molecule has 1 aliphatic rings. The van der Waals surface area contributed by atoms with Gasteiger partial charge in [0.25, 0.3) is 5.69 Å². The lowest BCUT2D eigenvalue weighted by atomic mass is 9.87. The lowest BCUT2D eigenvalue weighted by Gasteiger charge is -2.43. The van der Waals surface area contributed by atoms with Crippen LogP contribution in [-0.4, -0.2) is 23.2 Å². The zero-order chi connectivity index (χ0) is 20.6. The summed E-state index contributed by atoms with van der Waals surface area (Å²) in [7, 11) is 0. The van der Waals surface area contributed by atoms with E-state index in [1.54, 1.807) is 25.3 Å². The standard InChI is InChI=1S/C23H27N3O2/c1-7-25-22-10-16(3)18(11-20(22)17(4)13-23(25,5)6)14-24-19-9-8-15(2)21(12-19)26(27)28/h8-14H,7H2,1-6H3. The highest BCUT2D eigenvalue weighted by Crippen LogP contribution is 2.40. The molecule has 0 bridgehead atoms. The summed E-state index contributed by atoms with van der Waals surface area (Å²) in [5.41, 5.74) is 7.15. The van der Waals surface area contributed by atoms with Gasteiger partial charge in [0.1, 0.15) is 0 Å². The van der Waals surface area contributed by atoms with Gasteiger partial charge in [0.05, 0.1) is 16.1 Å². The van der Waals surface area contributed by atoms with E-state index in [1.807, 2.05) is 0 Å². The Morgan fingerprint density at radius 3 is 2.50 bits per heavy atom. The molecule has 2 aromatic rings. The van der Waals surface area contributed by atoms with Crippen molar-refractivity contribution in [2.75, 3.05) is 11.4 Å². The normalized spacial score (nSPS) is 15.5. The Labute approximate surface area is 166 Å². The highest BCUT2D eigenvalue weighted by molar-refractivity contribution is 5.90. The third-order valence-electron chi connectivity index (χ3n) is 5.42. The first-order chi connectivity index (χ1) is 13.1. The molecule has 0 amide bonds. The van der Waals surface area contributed by atoms with Crippen molar-refractivity contribution in [3.63, 3.8) is 0 Å². The Morgan fingerprint density at radius 1 is 1.14 bits per heavy atom. The van der Waals surface area contributed by atoms with E-state index in [4.69, 9.17) is 0 Å². The monoisotopic (exact) mass is 377 g/mol. The number of aryl methyl sites for hydroxylation is 2. The number of fused-ring (bicyclic) bond motifs is 1. The van der Waals surface area contributed by atoms with Gasteiger partial charge >= 0.3 is 0 Å². The number of hydrogen-bond donors (Lipinski definition) is 0. The molecule has 0 saturated carbocycles. The van der Waals surface area contributed by atoms with Gasteiger partial charge in [0.2, 0.25) is 0 Å². The van der Waals surface area contributed by atoms with Crippen LogP contribution in [0.25, 0.3) is 5.57 Å². The summed E-state index contributed by atoms with van der Waals surface area (Å²) in [6, 6.07) is 9.44. The van der Waals surface area contributed by atoms with E-state index in [1.165, 1.54) is 22.9 Å². The summed E-state index contributed by atoms with van der Waals surface area (Å²) in [6.07, 6.45) is 4.10. The molecule has 0 spiro atoms. The topological polar surface area (TPSA) is 58.7 Å². The van der Waals surface area contributed by atoms with Crippen LogP contribution >= 0.6 is 0 Å². The molecule has 1 aliphatic heterocycles. The molecule has 0 saturated heterocycles. The van der Waals surface area contributed by atoms with Crippen LogP contribution in [0.4, 0.5) is 17.1 Å². The number of likely N-dealkylation sites (N-methyl/N-ethyl adjacent to an activating group) is 1. The van der Waals surface area contributed by atoms with Crippen LogP contribution in [0.5, 0.6) is 0 Å². The average molecular weight is 377 g/mol. The van der Waals surface area contributed by atoms with Crippen LogP contribution in [-0.2, 0) is 0 Å². The maximum absolute atomic E-state index is 11.2. The Balaban J connectivity index is 2.02. The highest BCUT2D eigenvalue weighted by atomic mass is 16.6. The van der Waals surface area contributed by atoms with Gasteiger partial charge in [-0.2, -0.15) is 0 Å². The predicted molar refractivity (Wildman–Crippen MR) is 117 cm³/mol. The fourth-order valence-electron chi connectivity index (χ4n) is 3.98. The second-order valence-electron chi connectivity index (χ2n) is 7.94. The fourth-order valence-corrected chi connectivity index (χ4v) is 3.98. The van der Waals surface area contributed by atoms with Crippen molar-refractivity contribution in [2.45, 2.75) is 47.1 Å². The molecule has 0 unspecified atom stereocenters. The average Bonchev–Trinajstić information content (AvgIpc) is 2.60. The van der Waals surface area contributed by atoms with Crippen molar-refractivity contribution in [2.24, 2.45) is 4.99 Å². The van der Waals surface area contributed by atoms with E-state index in [0.717, 1.165) is 17.7 Å². The number of nitro benzene ring substituents is 1. The molecule has 0 atom stereocenters. The molecule has 2 aromatic carbocycles. The number of rotatable bonds is 4. The minimum Gasteiger partial charge on any atom is -0.363 e. The van der Waals surface area contributed by atoms with Gasteiger partial charge in [0, 0.05) is 35.6 Å². The zero-order valence-corrected chi connectivity index (χ0v) is 17.4. The zero-order valence-electron chi connectivity index (χ0n) is 17.4. The molecule has 5 heteroatoms. The lowest BCUT2D eigenvalue weighted by molar-refractivity contribution is -0.385. The smallest absolute Gasteiger partial charge is 0.274 e. The van der Waals surface area contributed by atoms with Crippen LogP contribution in [0.1, 0.15) is 49.9 Å². The molecule has 0 radical (unpaired) electrons. The quantitative estimate of drug-likeness (QED) is 0.374. The van der Waals surface area contributed by atoms with Gasteiger partial charge in [0.15, 0.2) is 0 Å². The number of allylic oxidation sites excluding steroid dienone is 1. The van der Waals surface area contributed by atoms with Gasteiger partial charge < -0.3 is 4.90 Å². The number of nitrogens with zero attached hydrogens (tertiary/aromatic N) is 3. The summed E-state index contributed by atoms with van der Waals surface area (Å²) in [5, 5.41) is 11.2. The van der Waals surface area contributed by atoms with Gasteiger partial charge in [-0.3, -0.25) is 15.1 Å². The Kier molecular flexibility index (Phi) is 5.11. The number of hydrogen-bond acceptors (Lipinski definition) is 4. The summed E-state index contributed by atoms with van der Waals surface area (Å²) >= 11 is 0. The minimum atomic E-state index is -0.367. The van der Waals surface area contributed by atoms with Crippen molar-refractivity contribution in [1.82, 2.24) is 0 Å². The van der Waals surface area contributed by atoms with Gasteiger partial charge in [-0.1, -0.05) is 12.1 Å². The summed E-state index contributed by atoms with van der Waals surface area (Å²) < 4.78 is 0. The van der Waals surface area contributed by atoms with Crippen molar-refractivity contribution in [3.8, 4) is 0 Å². The van der Waals surface area contributed by atoms with Crippen LogP contribution in [0, 0.1) is 24.0 Å². The number of benzene rings is 2. The first kappa shape index (κ1) is 19.8. The minimum absolute atomic E-state index is 0.0191. The van der Waals surface area contributed by atoms with Gasteiger partial charge in [-0.15, -0.1) is 0 Å². The highest BCUT2D eigenvalue weighted by Gasteiger charge is 2.30. The van der Waals surface area contributed by atoms with E-state index in [0.29, 0.717) is 11.3 Å². The maximum atomic E-state index is 11.2. The molecule has 1 heterocycles. The van der Waals surface area contributed by atoms with Crippen LogP contribution < -0.4 is 4.90 Å². The number of nitro groups is 1. The van der Waals surface area contributed by atoms with E-state index in [-0.39, 0.29) is 16.1 Å². The SMILES string of the molecule is CCN1c2cc(C)c(C=Nc3ccc(C)c([N+](=O)[O-])c3)cc2C(C)=CC1(C)C. The summed E-state index contributed by atoms with van der Waals surface area (Å²) in [5.74, 6) is 0. The molecule has 0 aliphatic carbocycles. The Bertz CT molecular complexity index is 1000.